The minimum absolute atomic E-state index is 0.00470. The van der Waals surface area contributed by atoms with Gasteiger partial charge in [-0.25, -0.2) is 4.79 Å². The van der Waals surface area contributed by atoms with E-state index in [2.05, 4.69) is 4.98 Å². The Labute approximate surface area is 199 Å². The van der Waals surface area contributed by atoms with E-state index in [1.165, 1.54) is 9.13 Å². The van der Waals surface area contributed by atoms with E-state index in [4.69, 9.17) is 27.9 Å². The van der Waals surface area contributed by atoms with E-state index >= 15 is 0 Å². The average molecular weight is 485 g/mol. The number of nitrogens with zero attached hydrogens (tertiary/aromatic N) is 4. The minimum Gasteiger partial charge on any atom is -0.373 e. The lowest BCUT2D eigenvalue weighted by molar-refractivity contribution is -0.0374. The summed E-state index contributed by atoms with van der Waals surface area (Å²) in [6, 6.07) is 17.0. The quantitative estimate of drug-likeness (QED) is 0.385. The van der Waals surface area contributed by atoms with Crippen LogP contribution in [0.5, 0.6) is 0 Å². The highest BCUT2D eigenvalue weighted by Crippen LogP contribution is 2.33. The highest BCUT2D eigenvalue weighted by molar-refractivity contribution is 6.30. The first kappa shape index (κ1) is 21.9. The smallest absolute Gasteiger partial charge is 0.332 e. The predicted molar refractivity (Wildman–Crippen MR) is 128 cm³/mol. The largest absolute Gasteiger partial charge is 0.373 e. The SMILES string of the molecule is Cn1c(=O)n(C2CC(OCc3ccccc3)C2)c(=O)c2c1nc(Cl)n2Cc1ccc(Cl)cc1. The molecule has 4 aromatic rings. The lowest BCUT2D eigenvalue weighted by Crippen LogP contribution is -2.47. The van der Waals surface area contributed by atoms with Crippen LogP contribution >= 0.6 is 23.2 Å². The summed E-state index contributed by atoms with van der Waals surface area (Å²) >= 11 is 12.4. The van der Waals surface area contributed by atoms with Crippen molar-refractivity contribution in [3.63, 3.8) is 0 Å². The molecular weight excluding hydrogens is 463 g/mol. The summed E-state index contributed by atoms with van der Waals surface area (Å²) in [4.78, 5) is 30.8. The van der Waals surface area contributed by atoms with Gasteiger partial charge in [0.1, 0.15) is 0 Å². The van der Waals surface area contributed by atoms with E-state index in [1.807, 2.05) is 42.5 Å². The van der Waals surface area contributed by atoms with E-state index in [-0.39, 0.29) is 28.6 Å². The van der Waals surface area contributed by atoms with Crippen LogP contribution in [0.1, 0.15) is 30.0 Å². The molecule has 7 nitrogen and oxygen atoms in total. The third-order valence-electron chi connectivity index (χ3n) is 6.15. The zero-order chi connectivity index (χ0) is 23.1. The molecule has 2 aromatic heterocycles. The molecule has 1 aliphatic carbocycles. The van der Waals surface area contributed by atoms with Crippen molar-refractivity contribution in [3.8, 4) is 0 Å². The maximum Gasteiger partial charge on any atom is 0.332 e. The molecule has 0 spiro atoms. The zero-order valence-corrected chi connectivity index (χ0v) is 19.5. The summed E-state index contributed by atoms with van der Waals surface area (Å²) in [7, 11) is 1.61. The number of imidazole rings is 1. The van der Waals surface area contributed by atoms with E-state index in [0.717, 1.165) is 11.1 Å². The lowest BCUT2D eigenvalue weighted by atomic mass is 9.89. The van der Waals surface area contributed by atoms with Crippen LogP contribution in [0.3, 0.4) is 0 Å². The predicted octanol–water partition coefficient (Wildman–Crippen LogP) is 4.17. The van der Waals surface area contributed by atoms with Gasteiger partial charge in [0.2, 0.25) is 5.28 Å². The number of hydrogen-bond donors (Lipinski definition) is 0. The Bertz CT molecular complexity index is 1420. The van der Waals surface area contributed by atoms with Gasteiger partial charge in [-0.15, -0.1) is 0 Å². The van der Waals surface area contributed by atoms with Gasteiger partial charge in [0.15, 0.2) is 11.2 Å². The van der Waals surface area contributed by atoms with Crippen molar-refractivity contribution in [1.29, 1.82) is 0 Å². The fourth-order valence-corrected chi connectivity index (χ4v) is 4.57. The van der Waals surface area contributed by atoms with E-state index in [1.54, 1.807) is 23.7 Å². The first-order chi connectivity index (χ1) is 15.9. The molecule has 1 fully saturated rings. The monoisotopic (exact) mass is 484 g/mol. The van der Waals surface area contributed by atoms with Gasteiger partial charge in [-0.3, -0.25) is 13.9 Å². The molecular formula is C24H22Cl2N4O3. The number of fused-ring (bicyclic) bond motifs is 1. The second-order valence-electron chi connectivity index (χ2n) is 8.33. The van der Waals surface area contributed by atoms with Gasteiger partial charge in [0.25, 0.3) is 5.56 Å². The third-order valence-corrected chi connectivity index (χ3v) is 6.69. The van der Waals surface area contributed by atoms with Crippen LogP contribution in [-0.4, -0.2) is 24.8 Å². The van der Waals surface area contributed by atoms with Crippen LogP contribution in [0.2, 0.25) is 10.3 Å². The molecule has 0 amide bonds. The molecule has 0 N–H and O–H groups in total. The molecule has 0 unspecified atom stereocenters. The van der Waals surface area contributed by atoms with Gasteiger partial charge in [-0.2, -0.15) is 4.98 Å². The molecule has 9 heteroatoms. The lowest BCUT2D eigenvalue weighted by Gasteiger charge is -2.35. The summed E-state index contributed by atoms with van der Waals surface area (Å²) in [6.07, 6.45) is 1.21. The van der Waals surface area contributed by atoms with E-state index in [9.17, 15) is 9.59 Å². The molecule has 0 bridgehead atoms. The van der Waals surface area contributed by atoms with Crippen LogP contribution in [0, 0.1) is 0 Å². The molecule has 33 heavy (non-hydrogen) atoms. The molecule has 2 aromatic carbocycles. The normalized spacial score (nSPS) is 17.9. The summed E-state index contributed by atoms with van der Waals surface area (Å²) in [5.41, 5.74) is 1.82. The van der Waals surface area contributed by atoms with Gasteiger partial charge in [-0.05, 0) is 47.7 Å². The van der Waals surface area contributed by atoms with Crippen molar-refractivity contribution >= 4 is 34.4 Å². The number of halogens is 2. The fourth-order valence-electron chi connectivity index (χ4n) is 4.22. The number of aromatic nitrogens is 4. The molecule has 0 atom stereocenters. The van der Waals surface area contributed by atoms with Crippen LogP contribution in [0.25, 0.3) is 11.2 Å². The standard InChI is InChI=1S/C24H22Cl2N4O3/c1-28-21-20(29(23(26)27-21)13-15-7-9-17(25)10-8-15)22(31)30(24(28)32)18-11-19(12-18)33-14-16-5-3-2-4-6-16/h2-10,18-19H,11-14H2,1H3. The van der Waals surface area contributed by atoms with Crippen LogP contribution in [-0.2, 0) is 24.9 Å². The second kappa shape index (κ2) is 8.82. The average Bonchev–Trinajstić information content (AvgIpc) is 3.11. The maximum atomic E-state index is 13.5. The Balaban J connectivity index is 1.43. The topological polar surface area (TPSA) is 71.1 Å². The number of aryl methyl sites for hydroxylation is 1. The molecule has 5 rings (SSSR count). The van der Waals surface area contributed by atoms with Crippen molar-refractivity contribution < 1.29 is 4.74 Å². The van der Waals surface area contributed by atoms with Crippen molar-refractivity contribution in [2.75, 3.05) is 0 Å². The second-order valence-corrected chi connectivity index (χ2v) is 9.10. The Morgan fingerprint density at radius 2 is 1.70 bits per heavy atom. The van der Waals surface area contributed by atoms with E-state index in [0.29, 0.717) is 36.5 Å². The molecule has 1 aliphatic rings. The van der Waals surface area contributed by atoms with Crippen molar-refractivity contribution in [3.05, 3.63) is 96.9 Å². The Morgan fingerprint density at radius 1 is 1.00 bits per heavy atom. The molecule has 0 aliphatic heterocycles. The number of hydrogen-bond acceptors (Lipinski definition) is 4. The van der Waals surface area contributed by atoms with Crippen molar-refractivity contribution in [2.24, 2.45) is 7.05 Å². The summed E-state index contributed by atoms with van der Waals surface area (Å²) in [5.74, 6) is 0. The molecule has 1 saturated carbocycles. The van der Waals surface area contributed by atoms with Crippen LogP contribution in [0.4, 0.5) is 0 Å². The van der Waals surface area contributed by atoms with Crippen molar-refractivity contribution in [2.45, 2.75) is 38.1 Å². The molecule has 0 radical (unpaired) electrons. The third kappa shape index (κ3) is 4.12. The summed E-state index contributed by atoms with van der Waals surface area (Å²) in [6.45, 7) is 0.848. The fraction of sp³-hybridized carbons (Fsp3) is 0.292. The van der Waals surface area contributed by atoms with Gasteiger partial charge < -0.3 is 9.30 Å². The Kier molecular flexibility index (Phi) is 5.86. The first-order valence-corrected chi connectivity index (χ1v) is 11.4. The molecule has 2 heterocycles. The molecule has 0 saturated heterocycles. The summed E-state index contributed by atoms with van der Waals surface area (Å²) in [5, 5.41) is 0.779. The van der Waals surface area contributed by atoms with Gasteiger partial charge in [0, 0.05) is 18.1 Å². The molecule has 170 valence electrons. The van der Waals surface area contributed by atoms with Crippen LogP contribution in [0.15, 0.2) is 64.2 Å². The zero-order valence-electron chi connectivity index (χ0n) is 17.9. The maximum absolute atomic E-state index is 13.5. The number of benzene rings is 2. The van der Waals surface area contributed by atoms with Gasteiger partial charge in [0.05, 0.1) is 19.3 Å². The minimum atomic E-state index is -0.396. The van der Waals surface area contributed by atoms with Gasteiger partial charge >= 0.3 is 5.69 Å². The number of rotatable bonds is 6. The number of ether oxygens (including phenoxy) is 1. The highest BCUT2D eigenvalue weighted by atomic mass is 35.5. The van der Waals surface area contributed by atoms with E-state index < -0.39 is 5.69 Å². The first-order valence-electron chi connectivity index (χ1n) is 10.7. The van der Waals surface area contributed by atoms with Crippen molar-refractivity contribution in [1.82, 2.24) is 18.7 Å². The highest BCUT2D eigenvalue weighted by Gasteiger charge is 2.35. The van der Waals surface area contributed by atoms with Crippen LogP contribution < -0.4 is 11.2 Å². The summed E-state index contributed by atoms with van der Waals surface area (Å²) < 4.78 is 10.3. The Morgan fingerprint density at radius 3 is 2.39 bits per heavy atom. The Hall–Kier alpha value is -2.87. The van der Waals surface area contributed by atoms with Gasteiger partial charge in [-0.1, -0.05) is 54.1 Å².